The highest BCUT2D eigenvalue weighted by Gasteiger charge is 2.53. The van der Waals surface area contributed by atoms with Gasteiger partial charge in [0.2, 0.25) is 0 Å². The van der Waals surface area contributed by atoms with Gasteiger partial charge >= 0.3 is 5.97 Å². The first kappa shape index (κ1) is 7.19. The molecule has 0 saturated heterocycles. The van der Waals surface area contributed by atoms with Gasteiger partial charge in [-0.05, 0) is 30.2 Å². The van der Waals surface area contributed by atoms with Crippen molar-refractivity contribution in [3.63, 3.8) is 0 Å². The fourth-order valence-electron chi connectivity index (χ4n) is 2.96. The molecule has 25 heavy (non-hydrogen) atoms. The second kappa shape index (κ2) is 4.54. The Kier molecular flexibility index (Phi) is 1.31. The van der Waals surface area contributed by atoms with Gasteiger partial charge < -0.3 is 19.7 Å². The van der Waals surface area contributed by atoms with Crippen LogP contribution in [0.25, 0.3) is 0 Å². The SMILES string of the molecule is [2H]c1c([2H])c([2H])c2c(c1[2H])C(=O)OC21c2c([2H])c([2H])c(O)c([2H])c2Oc2c([2H])c(O)c([2H])c([2H])c21. The number of phenolic OH excluding ortho intramolecular Hbond substituents is 2. The molecule has 0 radical (unpaired) electrons. The van der Waals surface area contributed by atoms with Gasteiger partial charge in [0.15, 0.2) is 5.60 Å². The van der Waals surface area contributed by atoms with E-state index < -0.39 is 117 Å². The molecule has 0 saturated carbocycles. The van der Waals surface area contributed by atoms with Crippen LogP contribution in [0.15, 0.2) is 60.4 Å². The average Bonchev–Trinajstić information content (AvgIpc) is 3.12. The van der Waals surface area contributed by atoms with Crippen LogP contribution < -0.4 is 4.74 Å². The maximum absolute atomic E-state index is 13.1. The molecule has 0 fully saturated rings. The molecule has 3 aromatic rings. The number of carbonyl (C=O) groups is 1. The predicted octanol–water partition coefficient (Wildman–Crippen LogP) is 3.67. The van der Waals surface area contributed by atoms with Gasteiger partial charge in [-0.1, -0.05) is 18.1 Å². The maximum Gasteiger partial charge on any atom is 0.340 e. The van der Waals surface area contributed by atoms with Gasteiger partial charge in [-0.3, -0.25) is 0 Å². The minimum absolute atomic E-state index is 0.574. The highest BCUT2D eigenvalue weighted by Crippen LogP contribution is 2.56. The second-order valence-electron chi connectivity index (χ2n) is 5.28. The minimum Gasteiger partial charge on any atom is -0.508 e. The van der Waals surface area contributed by atoms with Crippen molar-refractivity contribution in [2.75, 3.05) is 0 Å². The summed E-state index contributed by atoms with van der Waals surface area (Å²) < 4.78 is 93.5. The molecule has 0 atom stereocenters. The molecule has 0 bridgehead atoms. The molecule has 5 rings (SSSR count). The van der Waals surface area contributed by atoms with Crippen molar-refractivity contribution >= 4 is 5.97 Å². The molecule has 1 spiro atoms. The van der Waals surface area contributed by atoms with Crippen LogP contribution in [0.1, 0.15) is 40.8 Å². The van der Waals surface area contributed by atoms with Gasteiger partial charge in [-0.2, -0.15) is 0 Å². The van der Waals surface area contributed by atoms with Crippen molar-refractivity contribution < 1.29 is 38.2 Å². The van der Waals surface area contributed by atoms with E-state index >= 15 is 0 Å². The fourth-order valence-corrected chi connectivity index (χ4v) is 2.96. The van der Waals surface area contributed by atoms with Crippen LogP contribution in [0.3, 0.4) is 0 Å². The number of esters is 1. The van der Waals surface area contributed by atoms with E-state index in [1.54, 1.807) is 0 Å². The van der Waals surface area contributed by atoms with Gasteiger partial charge in [0.05, 0.1) is 19.3 Å². The van der Waals surface area contributed by atoms with Crippen molar-refractivity contribution in [2.24, 2.45) is 0 Å². The number of benzene rings is 3. The summed E-state index contributed by atoms with van der Waals surface area (Å²) in [6, 6.07) is -8.38. The van der Waals surface area contributed by atoms with E-state index in [0.717, 1.165) is 0 Å². The summed E-state index contributed by atoms with van der Waals surface area (Å²) in [6.45, 7) is 0. The molecule has 2 heterocycles. The van der Waals surface area contributed by atoms with Crippen molar-refractivity contribution in [3.8, 4) is 23.0 Å². The van der Waals surface area contributed by atoms with Crippen molar-refractivity contribution in [1.82, 2.24) is 0 Å². The van der Waals surface area contributed by atoms with E-state index in [4.69, 9.17) is 23.2 Å². The summed E-state index contributed by atoms with van der Waals surface area (Å²) in [7, 11) is 0. The second-order valence-corrected chi connectivity index (χ2v) is 5.28. The minimum atomic E-state index is -2.63. The molecule has 0 amide bonds. The molecular weight excluding hydrogens is 320 g/mol. The molecule has 5 heteroatoms. The first-order valence-electron chi connectivity index (χ1n) is 12.0. The first-order chi connectivity index (χ1) is 16.3. The van der Waals surface area contributed by atoms with Crippen molar-refractivity contribution in [3.05, 3.63) is 82.7 Å². The summed E-state index contributed by atoms with van der Waals surface area (Å²) in [5, 5.41) is 20.4. The molecule has 122 valence electrons. The number of carbonyl (C=O) groups excluding carboxylic acids is 1. The molecule has 0 unspecified atom stereocenters. The number of fused-ring (bicyclic) bond motifs is 6. The molecular formula is C20H12O5. The summed E-state index contributed by atoms with van der Waals surface area (Å²) in [5.74, 6) is -4.65. The fraction of sp³-hybridized carbons (Fsp3) is 0.0500. The Bertz CT molecular complexity index is 1480. The van der Waals surface area contributed by atoms with Crippen LogP contribution in [0.5, 0.6) is 23.0 Å². The predicted molar refractivity (Wildman–Crippen MR) is 88.0 cm³/mol. The number of hydrogen-bond acceptors (Lipinski definition) is 5. The number of rotatable bonds is 0. The molecule has 0 aromatic heterocycles. The van der Waals surface area contributed by atoms with Gasteiger partial charge in [0.1, 0.15) is 23.0 Å². The zero-order chi connectivity index (χ0) is 25.9. The number of aromatic hydroxyl groups is 2. The summed E-state index contributed by atoms with van der Waals surface area (Å²) in [6.07, 6.45) is 0. The first-order valence-corrected chi connectivity index (χ1v) is 6.97. The smallest absolute Gasteiger partial charge is 0.340 e. The summed E-state index contributed by atoms with van der Waals surface area (Å²) in [5.41, 5.74) is -5.06. The van der Waals surface area contributed by atoms with Crippen LogP contribution in [-0.2, 0) is 10.3 Å². The Morgan fingerprint density at radius 3 is 2.08 bits per heavy atom. The van der Waals surface area contributed by atoms with Crippen LogP contribution >= 0.6 is 0 Å². The van der Waals surface area contributed by atoms with Crippen LogP contribution in [0, 0.1) is 0 Å². The lowest BCUT2D eigenvalue weighted by Crippen LogP contribution is -2.32. The molecule has 2 aliphatic rings. The lowest BCUT2D eigenvalue weighted by molar-refractivity contribution is 0.0224. The molecule has 2 N–H and O–H groups in total. The van der Waals surface area contributed by atoms with E-state index in [1.807, 2.05) is 0 Å². The van der Waals surface area contributed by atoms with E-state index in [-0.39, 0.29) is 0 Å². The molecule has 3 aromatic carbocycles. The van der Waals surface area contributed by atoms with Gasteiger partial charge in [0, 0.05) is 28.8 Å². The quantitative estimate of drug-likeness (QED) is 0.610. The number of hydrogen-bond donors (Lipinski definition) is 2. The summed E-state index contributed by atoms with van der Waals surface area (Å²) in [4.78, 5) is 13.1. The van der Waals surface area contributed by atoms with E-state index in [0.29, 0.717) is 0 Å². The topological polar surface area (TPSA) is 76.0 Å². The van der Waals surface area contributed by atoms with Gasteiger partial charge in [-0.15, -0.1) is 0 Å². The van der Waals surface area contributed by atoms with E-state index in [1.165, 1.54) is 0 Å². The molecule has 5 nitrogen and oxygen atoms in total. The van der Waals surface area contributed by atoms with E-state index in [9.17, 15) is 15.0 Å². The highest BCUT2D eigenvalue weighted by molar-refractivity contribution is 5.97. The normalized spacial score (nSPS) is 21.4. The van der Waals surface area contributed by atoms with Crippen LogP contribution in [0.2, 0.25) is 0 Å². The Balaban J connectivity index is 2.13. The van der Waals surface area contributed by atoms with Gasteiger partial charge in [-0.25, -0.2) is 4.79 Å². The zero-order valence-corrected chi connectivity index (χ0v) is 12.1. The Morgan fingerprint density at radius 1 is 0.840 bits per heavy atom. The molecule has 2 aliphatic heterocycles. The third-order valence-corrected chi connectivity index (χ3v) is 3.93. The molecule has 0 aliphatic carbocycles. The third-order valence-electron chi connectivity index (χ3n) is 3.93. The van der Waals surface area contributed by atoms with E-state index in [2.05, 4.69) is 0 Å². The Labute approximate surface area is 156 Å². The van der Waals surface area contributed by atoms with Crippen molar-refractivity contribution in [1.29, 1.82) is 0 Å². The van der Waals surface area contributed by atoms with Gasteiger partial charge in [0.25, 0.3) is 0 Å². The standard InChI is InChI=1S/C20H12O5/c21-11-5-7-15-17(9-11)24-18-10-12(22)6-8-16(18)20(15)14-4-2-1-3-13(14)19(23)25-20/h1-10,21-22H/i1D,2D,3D,4D,5D,6D,7D,8D,9D,10D. The number of ether oxygens (including phenoxy) is 2. The average molecular weight is 342 g/mol. The number of phenols is 2. The highest BCUT2D eigenvalue weighted by atomic mass is 16.6. The third kappa shape index (κ3) is 1.69. The monoisotopic (exact) mass is 342 g/mol. The van der Waals surface area contributed by atoms with Crippen LogP contribution in [0.4, 0.5) is 0 Å². The Hall–Kier alpha value is -3.47. The summed E-state index contributed by atoms with van der Waals surface area (Å²) >= 11 is 0. The zero-order valence-electron chi connectivity index (χ0n) is 22.1. The Morgan fingerprint density at radius 2 is 1.44 bits per heavy atom. The van der Waals surface area contributed by atoms with Crippen molar-refractivity contribution in [2.45, 2.75) is 5.60 Å². The largest absolute Gasteiger partial charge is 0.508 e. The van der Waals surface area contributed by atoms with Crippen LogP contribution in [-0.4, -0.2) is 16.2 Å². The maximum atomic E-state index is 13.1. The lowest BCUT2D eigenvalue weighted by Gasteiger charge is -2.36. The lowest BCUT2D eigenvalue weighted by atomic mass is 9.77.